The van der Waals surface area contributed by atoms with Crippen molar-refractivity contribution in [2.75, 3.05) is 7.05 Å². The van der Waals surface area contributed by atoms with Gasteiger partial charge in [-0.1, -0.05) is 11.2 Å². The first kappa shape index (κ1) is 17.5. The number of nitrogens with zero attached hydrogens (tertiary/aromatic N) is 3. The minimum absolute atomic E-state index is 0.395. The van der Waals surface area contributed by atoms with E-state index in [9.17, 15) is 5.21 Å². The van der Waals surface area contributed by atoms with Crippen LogP contribution in [0, 0.1) is 13.8 Å². The van der Waals surface area contributed by atoms with Gasteiger partial charge in [0.25, 0.3) is 0 Å². The Morgan fingerprint density at radius 2 is 1.96 bits per heavy atom. The molecular formula is C20H21N3O3. The maximum absolute atomic E-state index is 9.40. The molecule has 0 aliphatic carbocycles. The fourth-order valence-corrected chi connectivity index (χ4v) is 2.75. The molecule has 3 aromatic rings. The summed E-state index contributed by atoms with van der Waals surface area (Å²) in [5.74, 6) is 2.39. The average Bonchev–Trinajstić information content (AvgIpc) is 3.09. The van der Waals surface area contributed by atoms with Crippen LogP contribution in [0.2, 0.25) is 0 Å². The third-order valence-electron chi connectivity index (χ3n) is 3.84. The number of benzene rings is 1. The third kappa shape index (κ3) is 4.22. The number of ether oxygens (including phenoxy) is 1. The molecule has 0 unspecified atom stereocenters. The summed E-state index contributed by atoms with van der Waals surface area (Å²) < 4.78 is 11.1. The predicted octanol–water partition coefficient (Wildman–Crippen LogP) is 4.35. The van der Waals surface area contributed by atoms with Gasteiger partial charge in [-0.25, -0.2) is 4.98 Å². The predicted molar refractivity (Wildman–Crippen MR) is 98.7 cm³/mol. The van der Waals surface area contributed by atoms with E-state index in [1.165, 1.54) is 0 Å². The molecule has 6 heteroatoms. The zero-order valence-corrected chi connectivity index (χ0v) is 15.0. The maximum Gasteiger partial charge on any atom is 0.219 e. The maximum atomic E-state index is 9.40. The highest BCUT2D eigenvalue weighted by Gasteiger charge is 2.13. The quantitative estimate of drug-likeness (QED) is 0.320. The van der Waals surface area contributed by atoms with Crippen molar-refractivity contribution in [3.05, 3.63) is 77.4 Å². The summed E-state index contributed by atoms with van der Waals surface area (Å²) >= 11 is 0. The second-order valence-corrected chi connectivity index (χ2v) is 6.17. The highest BCUT2D eigenvalue weighted by Crippen LogP contribution is 2.22. The summed E-state index contributed by atoms with van der Waals surface area (Å²) in [4.78, 5) is 6.10. The van der Waals surface area contributed by atoms with Gasteiger partial charge in [0, 0.05) is 24.9 Å². The van der Waals surface area contributed by atoms with Crippen molar-refractivity contribution in [2.24, 2.45) is 5.16 Å². The van der Waals surface area contributed by atoms with Crippen molar-refractivity contribution in [3.63, 3.8) is 0 Å². The molecule has 6 nitrogen and oxygen atoms in total. The van der Waals surface area contributed by atoms with Crippen molar-refractivity contribution in [1.82, 2.24) is 9.88 Å². The fourth-order valence-electron chi connectivity index (χ4n) is 2.75. The molecule has 0 atom stereocenters. The van der Waals surface area contributed by atoms with Crippen molar-refractivity contribution >= 4 is 5.84 Å². The van der Waals surface area contributed by atoms with Gasteiger partial charge in [-0.15, -0.1) is 0 Å². The smallest absolute Gasteiger partial charge is 0.219 e. The standard InChI is InChI=1S/C20H21N3O3/c1-14-9-15(2)11-18(10-14)26-19-7-6-16(12-21-19)20(22-24)23(3)13-17-5-4-8-25-17/h4-12,24H,13H2,1-3H3/b22-20-. The number of hydrogen-bond acceptors (Lipinski definition) is 5. The van der Waals surface area contributed by atoms with Crippen LogP contribution in [0.3, 0.4) is 0 Å². The SMILES string of the molecule is Cc1cc(C)cc(Oc2ccc(/C(=N/O)N(C)Cc3ccco3)cn2)c1. The highest BCUT2D eigenvalue weighted by molar-refractivity contribution is 5.97. The van der Waals surface area contributed by atoms with Crippen LogP contribution in [0.25, 0.3) is 0 Å². The van der Waals surface area contributed by atoms with Gasteiger partial charge in [-0.3, -0.25) is 0 Å². The summed E-state index contributed by atoms with van der Waals surface area (Å²) in [5, 5.41) is 12.8. The van der Waals surface area contributed by atoms with Crippen molar-refractivity contribution in [3.8, 4) is 11.6 Å². The number of pyridine rings is 1. The zero-order valence-electron chi connectivity index (χ0n) is 15.0. The van der Waals surface area contributed by atoms with E-state index in [1.807, 2.05) is 45.2 Å². The van der Waals surface area contributed by atoms with E-state index in [0.717, 1.165) is 22.6 Å². The van der Waals surface area contributed by atoms with Gasteiger partial charge in [0.2, 0.25) is 5.88 Å². The molecule has 0 radical (unpaired) electrons. The van der Waals surface area contributed by atoms with Crippen molar-refractivity contribution in [1.29, 1.82) is 0 Å². The molecule has 2 heterocycles. The summed E-state index contributed by atoms with van der Waals surface area (Å²) in [5.41, 5.74) is 2.94. The number of aryl methyl sites for hydroxylation is 2. The molecule has 1 N–H and O–H groups in total. The molecule has 26 heavy (non-hydrogen) atoms. The first-order valence-electron chi connectivity index (χ1n) is 8.23. The van der Waals surface area contributed by atoms with Crippen LogP contribution in [-0.4, -0.2) is 28.0 Å². The number of furan rings is 1. The molecule has 0 fully saturated rings. The van der Waals surface area contributed by atoms with Crippen LogP contribution < -0.4 is 4.74 Å². The molecule has 0 spiro atoms. The largest absolute Gasteiger partial charge is 0.467 e. The van der Waals surface area contributed by atoms with E-state index in [1.54, 1.807) is 29.5 Å². The monoisotopic (exact) mass is 351 g/mol. The first-order chi connectivity index (χ1) is 12.5. The lowest BCUT2D eigenvalue weighted by Crippen LogP contribution is -2.27. The van der Waals surface area contributed by atoms with Crippen molar-refractivity contribution < 1.29 is 14.4 Å². The minimum atomic E-state index is 0.395. The van der Waals surface area contributed by atoms with Gasteiger partial charge in [-0.05, 0) is 55.3 Å². The molecule has 0 saturated heterocycles. The minimum Gasteiger partial charge on any atom is -0.467 e. The normalized spacial score (nSPS) is 11.4. The van der Waals surface area contributed by atoms with E-state index in [2.05, 4.69) is 16.2 Å². The first-order valence-corrected chi connectivity index (χ1v) is 8.23. The lowest BCUT2D eigenvalue weighted by atomic mass is 10.1. The Bertz CT molecular complexity index is 867. The van der Waals surface area contributed by atoms with Crippen LogP contribution >= 0.6 is 0 Å². The van der Waals surface area contributed by atoms with Crippen LogP contribution in [0.5, 0.6) is 11.6 Å². The van der Waals surface area contributed by atoms with Crippen LogP contribution in [0.4, 0.5) is 0 Å². The number of amidine groups is 1. The van der Waals surface area contributed by atoms with E-state index in [4.69, 9.17) is 9.15 Å². The fraction of sp³-hybridized carbons (Fsp3) is 0.200. The van der Waals surface area contributed by atoms with E-state index >= 15 is 0 Å². The average molecular weight is 351 g/mol. The summed E-state index contributed by atoms with van der Waals surface area (Å²) in [6.07, 6.45) is 3.23. The number of rotatable bonds is 5. The molecule has 0 bridgehead atoms. The Balaban J connectivity index is 1.73. The molecule has 1 aromatic carbocycles. The lowest BCUT2D eigenvalue weighted by molar-refractivity contribution is 0.302. The Hall–Kier alpha value is -3.28. The lowest BCUT2D eigenvalue weighted by Gasteiger charge is -2.18. The van der Waals surface area contributed by atoms with Crippen LogP contribution in [0.15, 0.2) is 64.5 Å². The van der Waals surface area contributed by atoms with Crippen molar-refractivity contribution in [2.45, 2.75) is 20.4 Å². The summed E-state index contributed by atoms with van der Waals surface area (Å²) in [6, 6.07) is 13.2. The van der Waals surface area contributed by atoms with E-state index < -0.39 is 0 Å². The topological polar surface area (TPSA) is 71.1 Å². The van der Waals surface area contributed by atoms with E-state index in [0.29, 0.717) is 23.8 Å². The molecule has 2 aromatic heterocycles. The Labute approximate surface area is 152 Å². The Morgan fingerprint density at radius 1 is 1.19 bits per heavy atom. The van der Waals surface area contributed by atoms with Crippen LogP contribution in [-0.2, 0) is 6.54 Å². The van der Waals surface area contributed by atoms with Gasteiger partial charge in [-0.2, -0.15) is 0 Å². The van der Waals surface area contributed by atoms with Gasteiger partial charge < -0.3 is 19.3 Å². The van der Waals surface area contributed by atoms with Gasteiger partial charge in [0.15, 0.2) is 5.84 Å². The third-order valence-corrected chi connectivity index (χ3v) is 3.84. The molecular weight excluding hydrogens is 330 g/mol. The second-order valence-electron chi connectivity index (χ2n) is 6.17. The molecule has 0 aliphatic heterocycles. The van der Waals surface area contributed by atoms with Gasteiger partial charge in [0.1, 0.15) is 11.5 Å². The molecule has 0 amide bonds. The number of oxime groups is 1. The zero-order chi connectivity index (χ0) is 18.5. The molecule has 0 saturated carbocycles. The van der Waals surface area contributed by atoms with Gasteiger partial charge >= 0.3 is 0 Å². The summed E-state index contributed by atoms with van der Waals surface area (Å²) in [7, 11) is 1.82. The number of aromatic nitrogens is 1. The Kier molecular flexibility index (Phi) is 5.22. The van der Waals surface area contributed by atoms with Gasteiger partial charge in [0.05, 0.1) is 12.8 Å². The Morgan fingerprint density at radius 3 is 2.54 bits per heavy atom. The van der Waals surface area contributed by atoms with Crippen LogP contribution in [0.1, 0.15) is 22.5 Å². The second kappa shape index (κ2) is 7.74. The summed E-state index contributed by atoms with van der Waals surface area (Å²) in [6.45, 7) is 4.53. The molecule has 3 rings (SSSR count). The number of hydrogen-bond donors (Lipinski definition) is 1. The highest BCUT2D eigenvalue weighted by atomic mass is 16.5. The molecule has 0 aliphatic rings. The molecule has 134 valence electrons. The van der Waals surface area contributed by atoms with E-state index in [-0.39, 0.29) is 0 Å².